The van der Waals surface area contributed by atoms with E-state index in [9.17, 15) is 4.79 Å². The van der Waals surface area contributed by atoms with Crippen molar-refractivity contribution in [2.45, 2.75) is 19.0 Å². The van der Waals surface area contributed by atoms with Gasteiger partial charge in [0.05, 0.1) is 0 Å². The molecule has 3 heterocycles. The normalized spacial score (nSPS) is 17.6. The molecule has 2 aromatic heterocycles. The van der Waals surface area contributed by atoms with Crippen molar-refractivity contribution in [1.29, 1.82) is 0 Å². The Bertz CT molecular complexity index is 856. The second kappa shape index (κ2) is 6.01. The van der Waals surface area contributed by atoms with Crippen LogP contribution in [0.4, 0.5) is 0 Å². The SMILES string of the molecule is CN1Cc2ccccc2C[C@H]1CNC(=O)c1nc2ncccn2n1. The average molecular weight is 322 g/mol. The van der Waals surface area contributed by atoms with Gasteiger partial charge in [-0.25, -0.2) is 9.50 Å². The van der Waals surface area contributed by atoms with Gasteiger partial charge in [-0.05, 0) is 30.7 Å². The topological polar surface area (TPSA) is 75.4 Å². The number of fused-ring (bicyclic) bond motifs is 2. The number of hydrogen-bond acceptors (Lipinski definition) is 5. The van der Waals surface area contributed by atoms with Gasteiger partial charge in [0.25, 0.3) is 11.7 Å². The summed E-state index contributed by atoms with van der Waals surface area (Å²) >= 11 is 0. The number of carbonyl (C=O) groups excluding carboxylic acids is 1. The van der Waals surface area contributed by atoms with Crippen LogP contribution in [0.5, 0.6) is 0 Å². The van der Waals surface area contributed by atoms with Crippen molar-refractivity contribution in [3.8, 4) is 0 Å². The Morgan fingerprint density at radius 3 is 2.96 bits per heavy atom. The van der Waals surface area contributed by atoms with Crippen molar-refractivity contribution in [2.75, 3.05) is 13.6 Å². The third-order valence-corrected chi connectivity index (χ3v) is 4.43. The highest BCUT2D eigenvalue weighted by Gasteiger charge is 2.24. The summed E-state index contributed by atoms with van der Waals surface area (Å²) in [6.45, 7) is 1.46. The van der Waals surface area contributed by atoms with Gasteiger partial charge in [0, 0.05) is 31.5 Å². The lowest BCUT2D eigenvalue weighted by molar-refractivity contribution is 0.0924. The van der Waals surface area contributed by atoms with Crippen LogP contribution in [-0.4, -0.2) is 50.0 Å². The van der Waals surface area contributed by atoms with Crippen LogP contribution in [0.3, 0.4) is 0 Å². The van der Waals surface area contributed by atoms with Crippen LogP contribution in [0.2, 0.25) is 0 Å². The number of benzene rings is 1. The van der Waals surface area contributed by atoms with Crippen molar-refractivity contribution in [1.82, 2.24) is 29.8 Å². The third-order valence-electron chi connectivity index (χ3n) is 4.43. The van der Waals surface area contributed by atoms with Gasteiger partial charge in [0.1, 0.15) is 0 Å². The molecule has 1 aromatic carbocycles. The molecule has 1 aliphatic rings. The highest BCUT2D eigenvalue weighted by atomic mass is 16.2. The van der Waals surface area contributed by atoms with Crippen molar-refractivity contribution < 1.29 is 4.79 Å². The van der Waals surface area contributed by atoms with Crippen LogP contribution in [-0.2, 0) is 13.0 Å². The summed E-state index contributed by atoms with van der Waals surface area (Å²) in [7, 11) is 2.08. The first-order valence-electron chi connectivity index (χ1n) is 7.93. The third kappa shape index (κ3) is 2.74. The Kier molecular flexibility index (Phi) is 3.70. The van der Waals surface area contributed by atoms with Gasteiger partial charge in [-0.1, -0.05) is 24.3 Å². The van der Waals surface area contributed by atoms with E-state index in [2.05, 4.69) is 56.6 Å². The van der Waals surface area contributed by atoms with E-state index in [-0.39, 0.29) is 17.8 Å². The molecule has 1 amide bonds. The lowest BCUT2D eigenvalue weighted by Gasteiger charge is -2.34. The zero-order chi connectivity index (χ0) is 16.5. The molecule has 7 heteroatoms. The maximum absolute atomic E-state index is 12.3. The molecule has 1 N–H and O–H groups in total. The van der Waals surface area contributed by atoms with Crippen molar-refractivity contribution in [2.24, 2.45) is 0 Å². The summed E-state index contributed by atoms with van der Waals surface area (Å²) in [6, 6.07) is 10.5. The van der Waals surface area contributed by atoms with E-state index in [4.69, 9.17) is 0 Å². The number of carbonyl (C=O) groups is 1. The molecular weight excluding hydrogens is 304 g/mol. The van der Waals surface area contributed by atoms with Crippen molar-refractivity contribution in [3.05, 3.63) is 59.7 Å². The second-order valence-electron chi connectivity index (χ2n) is 6.05. The fourth-order valence-corrected chi connectivity index (χ4v) is 3.06. The summed E-state index contributed by atoms with van der Waals surface area (Å²) in [5.74, 6) is 0.298. The molecule has 7 nitrogen and oxygen atoms in total. The van der Waals surface area contributed by atoms with Gasteiger partial charge in [-0.15, -0.1) is 5.10 Å². The second-order valence-corrected chi connectivity index (χ2v) is 6.05. The van der Waals surface area contributed by atoms with E-state index in [1.165, 1.54) is 15.6 Å². The number of hydrogen-bond donors (Lipinski definition) is 1. The molecule has 0 saturated carbocycles. The fourth-order valence-electron chi connectivity index (χ4n) is 3.06. The molecule has 24 heavy (non-hydrogen) atoms. The van der Waals surface area contributed by atoms with Crippen LogP contribution < -0.4 is 5.32 Å². The molecule has 0 fully saturated rings. The Hall–Kier alpha value is -2.80. The number of amides is 1. The molecule has 0 spiro atoms. The summed E-state index contributed by atoms with van der Waals surface area (Å²) in [5, 5.41) is 7.09. The highest BCUT2D eigenvalue weighted by Crippen LogP contribution is 2.21. The lowest BCUT2D eigenvalue weighted by atomic mass is 9.94. The fraction of sp³-hybridized carbons (Fsp3) is 0.294. The van der Waals surface area contributed by atoms with Gasteiger partial charge < -0.3 is 5.32 Å². The van der Waals surface area contributed by atoms with Crippen LogP contribution >= 0.6 is 0 Å². The van der Waals surface area contributed by atoms with Gasteiger partial charge >= 0.3 is 0 Å². The van der Waals surface area contributed by atoms with E-state index in [1.54, 1.807) is 18.5 Å². The predicted octanol–water partition coefficient (Wildman–Crippen LogP) is 0.911. The first kappa shape index (κ1) is 14.8. The Labute approximate surface area is 139 Å². The Morgan fingerprint density at radius 1 is 1.29 bits per heavy atom. The van der Waals surface area contributed by atoms with E-state index < -0.39 is 0 Å². The zero-order valence-electron chi connectivity index (χ0n) is 13.4. The van der Waals surface area contributed by atoms with E-state index in [1.807, 2.05) is 0 Å². The minimum Gasteiger partial charge on any atom is -0.348 e. The maximum atomic E-state index is 12.3. The average Bonchev–Trinajstić information content (AvgIpc) is 3.04. The molecule has 0 bridgehead atoms. The van der Waals surface area contributed by atoms with Crippen molar-refractivity contribution >= 4 is 11.7 Å². The lowest BCUT2D eigenvalue weighted by Crippen LogP contribution is -2.45. The van der Waals surface area contributed by atoms with E-state index in [0.29, 0.717) is 12.3 Å². The molecule has 122 valence electrons. The summed E-state index contributed by atoms with van der Waals surface area (Å²) in [6.07, 6.45) is 4.27. The Balaban J connectivity index is 1.44. The molecule has 0 unspecified atom stereocenters. The molecule has 1 atom stereocenters. The van der Waals surface area contributed by atoms with Crippen LogP contribution in [0.1, 0.15) is 21.7 Å². The molecule has 0 saturated heterocycles. The molecule has 1 aliphatic heterocycles. The monoisotopic (exact) mass is 322 g/mol. The summed E-state index contributed by atoms with van der Waals surface area (Å²) in [5.41, 5.74) is 2.71. The van der Waals surface area contributed by atoms with Gasteiger partial charge in [-0.2, -0.15) is 4.98 Å². The molecular formula is C17H18N6O. The van der Waals surface area contributed by atoms with Crippen LogP contribution in [0, 0.1) is 0 Å². The minimum absolute atomic E-state index is 0.146. The van der Waals surface area contributed by atoms with Crippen LogP contribution in [0.15, 0.2) is 42.7 Å². The molecule has 0 aliphatic carbocycles. The van der Waals surface area contributed by atoms with Crippen molar-refractivity contribution in [3.63, 3.8) is 0 Å². The zero-order valence-corrected chi connectivity index (χ0v) is 13.4. The van der Waals surface area contributed by atoms with Gasteiger partial charge in [0.15, 0.2) is 0 Å². The van der Waals surface area contributed by atoms with E-state index >= 15 is 0 Å². The highest BCUT2D eigenvalue weighted by molar-refractivity contribution is 5.90. The van der Waals surface area contributed by atoms with Gasteiger partial charge in [-0.3, -0.25) is 9.69 Å². The van der Waals surface area contributed by atoms with Crippen LogP contribution in [0.25, 0.3) is 5.78 Å². The number of rotatable bonds is 3. The maximum Gasteiger partial charge on any atom is 0.291 e. The minimum atomic E-state index is -0.271. The smallest absolute Gasteiger partial charge is 0.291 e. The summed E-state index contributed by atoms with van der Waals surface area (Å²) in [4.78, 5) is 22.8. The van der Waals surface area contributed by atoms with Gasteiger partial charge in [0.2, 0.25) is 5.82 Å². The standard InChI is InChI=1S/C17H18N6O/c1-22-11-13-6-3-2-5-12(13)9-14(22)10-19-16(24)15-20-17-18-7-4-8-23(17)21-15/h2-8,14H,9-11H2,1H3,(H,19,24)/t14-/m0/s1. The molecule has 0 radical (unpaired) electrons. The number of nitrogens with zero attached hydrogens (tertiary/aromatic N) is 5. The molecule has 3 aromatic rings. The largest absolute Gasteiger partial charge is 0.348 e. The number of likely N-dealkylation sites (N-methyl/N-ethyl adjacent to an activating group) is 1. The first-order chi connectivity index (χ1) is 11.7. The first-order valence-corrected chi connectivity index (χ1v) is 7.93. The summed E-state index contributed by atoms with van der Waals surface area (Å²) < 4.78 is 1.50. The number of nitrogens with one attached hydrogen (secondary N) is 1. The predicted molar refractivity (Wildman–Crippen MR) is 88.5 cm³/mol. The Morgan fingerprint density at radius 2 is 2.12 bits per heavy atom. The molecule has 4 rings (SSSR count). The quantitative estimate of drug-likeness (QED) is 0.776. The number of aromatic nitrogens is 4. The van der Waals surface area contributed by atoms with E-state index in [0.717, 1.165) is 13.0 Å².